The molecule has 1 heterocycles. The molecule has 2 rings (SSSR count). The topological polar surface area (TPSA) is 52.6 Å². The van der Waals surface area contributed by atoms with Gasteiger partial charge in [0.15, 0.2) is 0 Å². The molecule has 0 radical (unpaired) electrons. The number of thiophene rings is 1. The van der Waals surface area contributed by atoms with E-state index in [-0.39, 0.29) is 0 Å². The number of hydrogen-bond acceptors (Lipinski definition) is 4. The molecule has 1 aromatic heterocycles. The molecule has 1 aromatic carbocycles. The third-order valence-electron chi connectivity index (χ3n) is 2.74. The first-order valence-corrected chi connectivity index (χ1v) is 6.77. The van der Waals surface area contributed by atoms with Crippen LogP contribution in [0.5, 0.6) is 0 Å². The molecular weight excluding hydrogens is 260 g/mol. The smallest absolute Gasteiger partial charge is 0.336 e. The number of carbonyl (C=O) groups is 1. The fourth-order valence-electron chi connectivity index (χ4n) is 1.78. The molecule has 100 valence electrons. The van der Waals surface area contributed by atoms with Crippen LogP contribution < -0.4 is 10.2 Å². The highest BCUT2D eigenvalue weighted by molar-refractivity contribution is 7.10. The maximum absolute atomic E-state index is 10.8. The van der Waals surface area contributed by atoms with Crippen LogP contribution in [0.25, 0.3) is 0 Å². The predicted molar refractivity (Wildman–Crippen MR) is 79.4 cm³/mol. The molecular formula is C14H16N2O2S. The number of para-hydroxylation sites is 2. The molecule has 0 fully saturated rings. The van der Waals surface area contributed by atoms with Crippen LogP contribution in [0.4, 0.5) is 11.4 Å². The summed E-state index contributed by atoms with van der Waals surface area (Å²) in [6.07, 6.45) is 0. The van der Waals surface area contributed by atoms with Crippen molar-refractivity contribution < 1.29 is 9.90 Å². The Balaban J connectivity index is 2.08. The van der Waals surface area contributed by atoms with Crippen molar-refractivity contribution in [2.45, 2.75) is 6.54 Å². The van der Waals surface area contributed by atoms with Gasteiger partial charge in [-0.3, -0.25) is 0 Å². The van der Waals surface area contributed by atoms with E-state index in [2.05, 4.69) is 5.32 Å². The Labute approximate surface area is 116 Å². The van der Waals surface area contributed by atoms with E-state index in [1.165, 1.54) is 11.3 Å². The van der Waals surface area contributed by atoms with Gasteiger partial charge in [-0.25, -0.2) is 4.79 Å². The van der Waals surface area contributed by atoms with Gasteiger partial charge >= 0.3 is 5.97 Å². The number of hydrogen-bond donors (Lipinski definition) is 2. The number of carboxylic acid groups (broad SMARTS) is 1. The fraction of sp³-hybridized carbons (Fsp3) is 0.214. The van der Waals surface area contributed by atoms with E-state index in [4.69, 9.17) is 5.11 Å². The number of nitrogens with zero attached hydrogens (tertiary/aromatic N) is 1. The summed E-state index contributed by atoms with van der Waals surface area (Å²) in [7, 11) is 3.99. The number of carboxylic acids is 1. The molecule has 0 atom stereocenters. The van der Waals surface area contributed by atoms with Gasteiger partial charge < -0.3 is 15.3 Å². The average Bonchev–Trinajstić information content (AvgIpc) is 2.85. The lowest BCUT2D eigenvalue weighted by atomic mass is 10.2. The van der Waals surface area contributed by atoms with Gasteiger partial charge in [0, 0.05) is 30.9 Å². The van der Waals surface area contributed by atoms with E-state index in [1.807, 2.05) is 43.3 Å². The van der Waals surface area contributed by atoms with E-state index in [9.17, 15) is 4.79 Å². The molecule has 0 bridgehead atoms. The van der Waals surface area contributed by atoms with E-state index in [0.717, 1.165) is 16.3 Å². The largest absolute Gasteiger partial charge is 0.478 e. The van der Waals surface area contributed by atoms with Crippen LogP contribution in [-0.2, 0) is 6.54 Å². The summed E-state index contributed by atoms with van der Waals surface area (Å²) >= 11 is 1.45. The molecule has 0 amide bonds. The second-order valence-corrected chi connectivity index (χ2v) is 5.37. The third-order valence-corrected chi connectivity index (χ3v) is 3.68. The van der Waals surface area contributed by atoms with Crippen LogP contribution in [-0.4, -0.2) is 25.2 Å². The zero-order valence-corrected chi connectivity index (χ0v) is 11.7. The van der Waals surface area contributed by atoms with Crippen molar-refractivity contribution in [3.63, 3.8) is 0 Å². The molecule has 0 saturated heterocycles. The minimum absolute atomic E-state index is 0.350. The Kier molecular flexibility index (Phi) is 4.06. The van der Waals surface area contributed by atoms with Crippen LogP contribution in [0, 0.1) is 0 Å². The van der Waals surface area contributed by atoms with Gasteiger partial charge in [-0.2, -0.15) is 0 Å². The Morgan fingerprint density at radius 1 is 1.37 bits per heavy atom. The summed E-state index contributed by atoms with van der Waals surface area (Å²) in [4.78, 5) is 13.9. The summed E-state index contributed by atoms with van der Waals surface area (Å²) in [6.45, 7) is 0.628. The summed E-state index contributed by atoms with van der Waals surface area (Å²) in [6, 6.07) is 9.74. The monoisotopic (exact) mass is 276 g/mol. The van der Waals surface area contributed by atoms with Gasteiger partial charge in [-0.05, 0) is 18.2 Å². The van der Waals surface area contributed by atoms with E-state index in [0.29, 0.717) is 12.1 Å². The van der Waals surface area contributed by atoms with Crippen molar-refractivity contribution >= 4 is 28.7 Å². The number of aromatic carboxylic acids is 1. The lowest BCUT2D eigenvalue weighted by Crippen LogP contribution is -2.11. The van der Waals surface area contributed by atoms with Gasteiger partial charge in [0.05, 0.1) is 16.9 Å². The maximum atomic E-state index is 10.8. The normalized spacial score (nSPS) is 10.2. The fourth-order valence-corrected chi connectivity index (χ4v) is 2.58. The molecule has 0 aliphatic carbocycles. The van der Waals surface area contributed by atoms with Crippen LogP contribution >= 0.6 is 11.3 Å². The maximum Gasteiger partial charge on any atom is 0.336 e. The predicted octanol–water partition coefficient (Wildman–Crippen LogP) is 3.12. The van der Waals surface area contributed by atoms with Gasteiger partial charge in [0.25, 0.3) is 0 Å². The Hall–Kier alpha value is -2.01. The Morgan fingerprint density at radius 2 is 2.11 bits per heavy atom. The quantitative estimate of drug-likeness (QED) is 0.881. The van der Waals surface area contributed by atoms with Crippen molar-refractivity contribution in [2.75, 3.05) is 24.3 Å². The molecule has 5 heteroatoms. The molecule has 0 saturated carbocycles. The van der Waals surface area contributed by atoms with Gasteiger partial charge in [-0.1, -0.05) is 12.1 Å². The van der Waals surface area contributed by atoms with Crippen molar-refractivity contribution in [3.8, 4) is 0 Å². The van der Waals surface area contributed by atoms with Gasteiger partial charge in [0.2, 0.25) is 0 Å². The van der Waals surface area contributed by atoms with Crippen LogP contribution in [0.3, 0.4) is 0 Å². The molecule has 0 spiro atoms. The van der Waals surface area contributed by atoms with E-state index < -0.39 is 5.97 Å². The lowest BCUT2D eigenvalue weighted by molar-refractivity contribution is 0.0697. The minimum Gasteiger partial charge on any atom is -0.478 e. The van der Waals surface area contributed by atoms with Crippen LogP contribution in [0.2, 0.25) is 0 Å². The van der Waals surface area contributed by atoms with Crippen molar-refractivity contribution in [2.24, 2.45) is 0 Å². The summed E-state index contributed by atoms with van der Waals surface area (Å²) in [5.74, 6) is -0.879. The first-order chi connectivity index (χ1) is 9.08. The molecule has 4 nitrogen and oxygen atoms in total. The van der Waals surface area contributed by atoms with Crippen LogP contribution in [0.15, 0.2) is 35.7 Å². The van der Waals surface area contributed by atoms with Gasteiger partial charge in [-0.15, -0.1) is 11.3 Å². The van der Waals surface area contributed by atoms with Crippen molar-refractivity contribution in [1.29, 1.82) is 0 Å². The highest BCUT2D eigenvalue weighted by Gasteiger charge is 2.07. The standard InChI is InChI=1S/C14H16N2O2S/c1-16(2)13-6-4-3-5-12(13)15-8-11-7-10(9-19-11)14(17)18/h3-7,9,15H,8H2,1-2H3,(H,17,18). The Morgan fingerprint density at radius 3 is 2.74 bits per heavy atom. The molecule has 2 N–H and O–H groups in total. The summed E-state index contributed by atoms with van der Waals surface area (Å²) < 4.78 is 0. The van der Waals surface area contributed by atoms with Crippen molar-refractivity contribution in [1.82, 2.24) is 0 Å². The highest BCUT2D eigenvalue weighted by atomic mass is 32.1. The molecule has 0 unspecified atom stereocenters. The first kappa shape index (κ1) is 13.4. The number of benzene rings is 1. The summed E-state index contributed by atoms with van der Waals surface area (Å²) in [5.41, 5.74) is 2.50. The van der Waals surface area contributed by atoms with E-state index >= 15 is 0 Å². The Bertz CT molecular complexity index is 578. The average molecular weight is 276 g/mol. The molecule has 0 aliphatic heterocycles. The minimum atomic E-state index is -0.879. The van der Waals surface area contributed by atoms with Gasteiger partial charge in [0.1, 0.15) is 0 Å². The number of rotatable bonds is 5. The summed E-state index contributed by atoms with van der Waals surface area (Å²) in [5, 5.41) is 13.9. The number of nitrogens with one attached hydrogen (secondary N) is 1. The number of anilines is 2. The third kappa shape index (κ3) is 3.26. The SMILES string of the molecule is CN(C)c1ccccc1NCc1cc(C(=O)O)cs1. The zero-order chi connectivity index (χ0) is 13.8. The van der Waals surface area contributed by atoms with E-state index in [1.54, 1.807) is 11.4 Å². The molecule has 19 heavy (non-hydrogen) atoms. The molecule has 2 aromatic rings. The zero-order valence-electron chi connectivity index (χ0n) is 10.9. The second kappa shape index (κ2) is 5.75. The first-order valence-electron chi connectivity index (χ1n) is 5.89. The highest BCUT2D eigenvalue weighted by Crippen LogP contribution is 2.25. The van der Waals surface area contributed by atoms with Crippen LogP contribution in [0.1, 0.15) is 15.2 Å². The van der Waals surface area contributed by atoms with Crippen molar-refractivity contribution in [3.05, 3.63) is 46.2 Å². The second-order valence-electron chi connectivity index (χ2n) is 4.37. The lowest BCUT2D eigenvalue weighted by Gasteiger charge is -2.18. The molecule has 0 aliphatic rings.